The number of nitrogens with one attached hydrogen (secondary N) is 1. The molecule has 2 aromatic rings. The zero-order chi connectivity index (χ0) is 15.1. The van der Waals surface area contributed by atoms with Gasteiger partial charge in [0, 0.05) is 24.4 Å². The van der Waals surface area contributed by atoms with Crippen molar-refractivity contribution in [1.82, 2.24) is 14.5 Å². The highest BCUT2D eigenvalue weighted by Gasteiger charge is 2.31. The molecule has 0 aliphatic carbocycles. The predicted octanol–water partition coefficient (Wildman–Crippen LogP) is 0.961. The van der Waals surface area contributed by atoms with Crippen LogP contribution in [-0.2, 0) is 23.0 Å². The Hall–Kier alpha value is -2.06. The molecule has 2 heterocycles. The Bertz CT molecular complexity index is 761. The second kappa shape index (κ2) is 5.05. The van der Waals surface area contributed by atoms with Crippen LogP contribution in [0.15, 0.2) is 24.5 Å². The molecule has 1 aliphatic heterocycles. The summed E-state index contributed by atoms with van der Waals surface area (Å²) in [6, 6.07) is 3.09. The van der Waals surface area contributed by atoms with Crippen LogP contribution in [0.3, 0.4) is 0 Å². The number of hydrogen-bond acceptors (Lipinski definition) is 4. The molecule has 1 aliphatic rings. The average Bonchev–Trinajstić information content (AvgIpc) is 2.96. The van der Waals surface area contributed by atoms with Crippen molar-refractivity contribution in [3.05, 3.63) is 29.5 Å². The van der Waals surface area contributed by atoms with Gasteiger partial charge in [-0.15, -0.1) is 0 Å². The zero-order valence-corrected chi connectivity index (χ0v) is 12.5. The average molecular weight is 327 g/mol. The molecule has 7 nitrogen and oxygen atoms in total. The Labute approximate surface area is 127 Å². The van der Waals surface area contributed by atoms with Crippen LogP contribution in [0.1, 0.15) is 0 Å². The number of amides is 1. The number of halogens is 1. The van der Waals surface area contributed by atoms with E-state index in [4.69, 9.17) is 11.6 Å². The van der Waals surface area contributed by atoms with Gasteiger partial charge in [0.05, 0.1) is 11.2 Å². The Balaban J connectivity index is 2.13. The number of carbonyl (C=O) groups excluding carboxylic acids is 1. The first kappa shape index (κ1) is 13.9. The Morgan fingerprint density at radius 3 is 2.81 bits per heavy atom. The van der Waals surface area contributed by atoms with Crippen molar-refractivity contribution in [3.8, 4) is 16.9 Å². The first-order valence-corrected chi connectivity index (χ1v) is 7.45. The van der Waals surface area contributed by atoms with Gasteiger partial charge in [-0.3, -0.25) is 18.5 Å². The Morgan fingerprint density at radius 2 is 2.24 bits per heavy atom. The van der Waals surface area contributed by atoms with E-state index in [1.807, 2.05) is 0 Å². The number of phenolic OH excluding ortho intramolecular Hbond substituents is 1. The molecule has 0 spiro atoms. The fourth-order valence-corrected chi connectivity index (χ4v) is 3.49. The molecule has 2 N–H and O–H groups in total. The van der Waals surface area contributed by atoms with Crippen LogP contribution in [0.5, 0.6) is 5.75 Å². The molecule has 0 bridgehead atoms. The van der Waals surface area contributed by atoms with Crippen molar-refractivity contribution in [2.75, 3.05) is 10.8 Å². The van der Waals surface area contributed by atoms with Crippen molar-refractivity contribution < 1.29 is 14.1 Å². The summed E-state index contributed by atoms with van der Waals surface area (Å²) in [4.78, 5) is 11.3. The van der Waals surface area contributed by atoms with Crippen LogP contribution < -0.4 is 9.03 Å². The number of carbonyl (C=O) groups is 1. The molecule has 1 saturated heterocycles. The SMILES string of the molecule is Cn1cc(-c2ccc(O)c(N3CC(=O)NS3=O)c2Cl)cn1. The minimum Gasteiger partial charge on any atom is -0.506 e. The van der Waals surface area contributed by atoms with Gasteiger partial charge in [0.1, 0.15) is 18.0 Å². The lowest BCUT2D eigenvalue weighted by molar-refractivity contribution is -0.117. The van der Waals surface area contributed by atoms with E-state index in [0.29, 0.717) is 5.56 Å². The number of rotatable bonds is 2. The lowest BCUT2D eigenvalue weighted by Gasteiger charge is -2.18. The summed E-state index contributed by atoms with van der Waals surface area (Å²) in [5.41, 5.74) is 1.55. The minimum atomic E-state index is -1.75. The molecule has 0 saturated carbocycles. The van der Waals surface area contributed by atoms with Gasteiger partial charge in [-0.1, -0.05) is 11.6 Å². The molecule has 0 radical (unpaired) electrons. The number of benzene rings is 1. The monoisotopic (exact) mass is 326 g/mol. The fourth-order valence-electron chi connectivity index (χ4n) is 2.11. The van der Waals surface area contributed by atoms with Gasteiger partial charge in [-0.25, -0.2) is 4.21 Å². The number of aromatic hydroxyl groups is 1. The van der Waals surface area contributed by atoms with Gasteiger partial charge in [-0.05, 0) is 12.1 Å². The second-order valence-electron chi connectivity index (χ2n) is 4.51. The summed E-state index contributed by atoms with van der Waals surface area (Å²) in [7, 11) is 1.77. The topological polar surface area (TPSA) is 87.5 Å². The molecule has 1 aromatic heterocycles. The van der Waals surface area contributed by atoms with Gasteiger partial charge >= 0.3 is 0 Å². The molecular weight excluding hydrogens is 316 g/mol. The van der Waals surface area contributed by atoms with E-state index in [1.54, 1.807) is 30.2 Å². The molecule has 9 heteroatoms. The maximum atomic E-state index is 11.9. The normalized spacial score (nSPS) is 18.1. The number of anilines is 1. The van der Waals surface area contributed by atoms with Crippen molar-refractivity contribution in [1.29, 1.82) is 0 Å². The van der Waals surface area contributed by atoms with Crippen molar-refractivity contribution in [2.45, 2.75) is 0 Å². The summed E-state index contributed by atoms with van der Waals surface area (Å²) in [6.45, 7) is -0.129. The Kier molecular flexibility index (Phi) is 3.34. The summed E-state index contributed by atoms with van der Waals surface area (Å²) in [5.74, 6) is -0.534. The predicted molar refractivity (Wildman–Crippen MR) is 78.9 cm³/mol. The lowest BCUT2D eigenvalue weighted by atomic mass is 10.1. The lowest BCUT2D eigenvalue weighted by Crippen LogP contribution is -2.23. The first-order chi connectivity index (χ1) is 9.97. The van der Waals surface area contributed by atoms with Gasteiger partial charge in [0.15, 0.2) is 0 Å². The highest BCUT2D eigenvalue weighted by molar-refractivity contribution is 7.85. The minimum absolute atomic E-state index is 0.129. The summed E-state index contributed by atoms with van der Waals surface area (Å²) in [5, 5.41) is 14.3. The van der Waals surface area contributed by atoms with E-state index in [9.17, 15) is 14.1 Å². The molecule has 1 aromatic carbocycles. The van der Waals surface area contributed by atoms with Crippen LogP contribution >= 0.6 is 11.6 Å². The van der Waals surface area contributed by atoms with E-state index in [2.05, 4.69) is 9.82 Å². The number of aromatic nitrogens is 2. The third kappa shape index (κ3) is 2.36. The third-order valence-electron chi connectivity index (χ3n) is 3.05. The van der Waals surface area contributed by atoms with Crippen molar-refractivity contribution in [3.63, 3.8) is 0 Å². The van der Waals surface area contributed by atoms with Gasteiger partial charge in [0.2, 0.25) is 11.2 Å². The first-order valence-electron chi connectivity index (χ1n) is 5.97. The number of aryl methyl sites for hydroxylation is 1. The smallest absolute Gasteiger partial charge is 0.253 e. The molecule has 1 amide bonds. The number of hydrogen-bond donors (Lipinski definition) is 2. The third-order valence-corrected chi connectivity index (χ3v) is 4.55. The van der Waals surface area contributed by atoms with Crippen molar-refractivity contribution >= 4 is 34.4 Å². The molecule has 3 rings (SSSR count). The van der Waals surface area contributed by atoms with Gasteiger partial charge < -0.3 is 5.11 Å². The standard InChI is InChI=1S/C12H11ClN4O3S/c1-16-5-7(4-14-16)8-2-3-9(18)12(11(8)13)17-6-10(19)15-21(17)20/h2-5,18H,6H2,1H3,(H,15,19). The van der Waals surface area contributed by atoms with Crippen LogP contribution in [0.4, 0.5) is 5.69 Å². The zero-order valence-electron chi connectivity index (χ0n) is 10.9. The number of nitrogens with zero attached hydrogens (tertiary/aromatic N) is 3. The molecule has 1 atom stereocenters. The fraction of sp³-hybridized carbons (Fsp3) is 0.167. The largest absolute Gasteiger partial charge is 0.506 e. The maximum absolute atomic E-state index is 11.9. The van der Waals surface area contributed by atoms with Gasteiger partial charge in [-0.2, -0.15) is 5.10 Å². The maximum Gasteiger partial charge on any atom is 0.253 e. The highest BCUT2D eigenvalue weighted by atomic mass is 35.5. The van der Waals surface area contributed by atoms with Crippen LogP contribution in [0.25, 0.3) is 11.1 Å². The number of phenols is 1. The quantitative estimate of drug-likeness (QED) is 0.860. The summed E-state index contributed by atoms with van der Waals surface area (Å²) in [6.07, 6.45) is 3.40. The highest BCUT2D eigenvalue weighted by Crippen LogP contribution is 2.42. The van der Waals surface area contributed by atoms with Crippen LogP contribution in [0, 0.1) is 0 Å². The Morgan fingerprint density at radius 1 is 1.48 bits per heavy atom. The van der Waals surface area contributed by atoms with Crippen LogP contribution in [0.2, 0.25) is 5.02 Å². The molecule has 21 heavy (non-hydrogen) atoms. The van der Waals surface area contributed by atoms with Gasteiger partial charge in [0.25, 0.3) is 5.91 Å². The van der Waals surface area contributed by atoms with E-state index in [0.717, 1.165) is 5.56 Å². The van der Waals surface area contributed by atoms with E-state index < -0.39 is 17.1 Å². The second-order valence-corrected chi connectivity index (χ2v) is 6.03. The van der Waals surface area contributed by atoms with E-state index in [1.165, 1.54) is 10.4 Å². The van der Waals surface area contributed by atoms with Crippen molar-refractivity contribution in [2.24, 2.45) is 7.05 Å². The van der Waals surface area contributed by atoms with E-state index in [-0.39, 0.29) is 23.0 Å². The molecular formula is C12H11ClN4O3S. The molecule has 1 fully saturated rings. The summed E-state index contributed by atoms with van der Waals surface area (Å²) < 4.78 is 17.0. The van der Waals surface area contributed by atoms with Crippen LogP contribution in [-0.4, -0.2) is 31.5 Å². The molecule has 110 valence electrons. The van der Waals surface area contributed by atoms with E-state index >= 15 is 0 Å². The molecule has 1 unspecified atom stereocenters. The summed E-state index contributed by atoms with van der Waals surface area (Å²) >= 11 is 4.59.